The molecule has 156 valence electrons. The molecule has 2 aromatic rings. The van der Waals surface area contributed by atoms with Crippen LogP contribution in [0, 0.1) is 0 Å². The Morgan fingerprint density at radius 3 is 2.31 bits per heavy atom. The number of halogens is 1. The summed E-state index contributed by atoms with van der Waals surface area (Å²) in [5.74, 6) is 1.04. The molecule has 0 aromatic heterocycles. The quantitative estimate of drug-likeness (QED) is 0.599. The van der Waals surface area contributed by atoms with Crippen LogP contribution in [-0.4, -0.2) is 65.4 Å². The zero-order chi connectivity index (χ0) is 21.0. The summed E-state index contributed by atoms with van der Waals surface area (Å²) >= 11 is 3.32. The van der Waals surface area contributed by atoms with Gasteiger partial charge in [-0.15, -0.1) is 0 Å². The average molecular weight is 484 g/mol. The second-order valence-corrected chi connectivity index (χ2v) is 9.63. The third-order valence-electron chi connectivity index (χ3n) is 5.00. The van der Waals surface area contributed by atoms with Gasteiger partial charge in [-0.1, -0.05) is 15.9 Å². The van der Waals surface area contributed by atoms with Crippen LogP contribution < -0.4 is 14.4 Å². The fourth-order valence-corrected chi connectivity index (χ4v) is 5.04. The molecule has 1 heterocycles. The molecule has 0 bridgehead atoms. The maximum atomic E-state index is 12.8. The van der Waals surface area contributed by atoms with Crippen LogP contribution in [0.5, 0.6) is 11.5 Å². The van der Waals surface area contributed by atoms with Gasteiger partial charge in [0.2, 0.25) is 15.8 Å². The first-order valence-corrected chi connectivity index (χ1v) is 11.4. The molecule has 0 spiro atoms. The van der Waals surface area contributed by atoms with Crippen molar-refractivity contribution in [3.8, 4) is 11.5 Å². The van der Waals surface area contributed by atoms with E-state index < -0.39 is 10.0 Å². The fraction of sp³-hybridized carbons (Fsp3) is 0.350. The number of piperazine rings is 1. The van der Waals surface area contributed by atoms with Gasteiger partial charge in [0.15, 0.2) is 0 Å². The molecule has 0 atom stereocenters. The molecule has 0 unspecified atom stereocenters. The number of nitrogens with one attached hydrogen (secondary N) is 1. The van der Waals surface area contributed by atoms with Gasteiger partial charge in [0.1, 0.15) is 18.0 Å². The minimum atomic E-state index is -3.52. The fourth-order valence-electron chi connectivity index (χ4n) is 3.33. The van der Waals surface area contributed by atoms with E-state index in [0.29, 0.717) is 43.2 Å². The minimum Gasteiger partial charge on any atom is -0.497 e. The molecule has 1 saturated heterocycles. The molecule has 0 aliphatic carbocycles. The molecule has 1 N–H and O–H groups in total. The van der Waals surface area contributed by atoms with Gasteiger partial charge in [0, 0.05) is 4.47 Å². The summed E-state index contributed by atoms with van der Waals surface area (Å²) in [4.78, 5) is 14.1. The van der Waals surface area contributed by atoms with E-state index in [1.807, 2.05) is 0 Å². The van der Waals surface area contributed by atoms with Crippen LogP contribution in [0.25, 0.3) is 0 Å². The Hall–Kier alpha value is -1.94. The standard InChI is InChI=1S/C20H23BrN2O5S/c1-27-16-5-8-20(28-2)18(13-16)19(24)14-22-9-11-23(12-10-22)29(25,26)17-6-3-15(21)4-7-17/h3-8,13H,9-12,14H2,1-2H3/p+1. The lowest BCUT2D eigenvalue weighted by atomic mass is 10.1. The van der Waals surface area contributed by atoms with Gasteiger partial charge in [-0.05, 0) is 42.5 Å². The summed E-state index contributed by atoms with van der Waals surface area (Å²) in [6, 6.07) is 11.8. The van der Waals surface area contributed by atoms with E-state index in [4.69, 9.17) is 9.47 Å². The normalized spacial score (nSPS) is 15.8. The number of rotatable bonds is 7. The summed E-state index contributed by atoms with van der Waals surface area (Å²) in [7, 11) is -0.452. The summed E-state index contributed by atoms with van der Waals surface area (Å²) in [5.41, 5.74) is 0.476. The first-order valence-electron chi connectivity index (χ1n) is 9.19. The Balaban J connectivity index is 1.64. The van der Waals surface area contributed by atoms with E-state index >= 15 is 0 Å². The summed E-state index contributed by atoms with van der Waals surface area (Å²) in [6.45, 7) is 2.14. The van der Waals surface area contributed by atoms with Crippen molar-refractivity contribution < 1.29 is 27.6 Å². The largest absolute Gasteiger partial charge is 0.497 e. The highest BCUT2D eigenvalue weighted by molar-refractivity contribution is 9.10. The van der Waals surface area contributed by atoms with Gasteiger partial charge in [-0.2, -0.15) is 4.31 Å². The molecule has 0 amide bonds. The van der Waals surface area contributed by atoms with Crippen molar-refractivity contribution >= 4 is 31.7 Å². The molecular weight excluding hydrogens is 460 g/mol. The number of carbonyl (C=O) groups is 1. The number of ether oxygens (including phenoxy) is 2. The molecule has 7 nitrogen and oxygen atoms in total. The van der Waals surface area contributed by atoms with Gasteiger partial charge in [-0.3, -0.25) is 4.79 Å². The predicted molar refractivity (Wildman–Crippen MR) is 112 cm³/mol. The van der Waals surface area contributed by atoms with Crippen LogP contribution >= 0.6 is 15.9 Å². The maximum Gasteiger partial charge on any atom is 0.243 e. The van der Waals surface area contributed by atoms with Crippen molar-refractivity contribution in [1.82, 2.24) is 4.31 Å². The van der Waals surface area contributed by atoms with Crippen molar-refractivity contribution in [3.05, 3.63) is 52.5 Å². The molecule has 0 radical (unpaired) electrons. The van der Waals surface area contributed by atoms with E-state index in [1.165, 1.54) is 11.4 Å². The Bertz CT molecular complexity index is 971. The first kappa shape index (κ1) is 21.8. The molecule has 3 rings (SSSR count). The molecule has 1 aliphatic rings. The average Bonchev–Trinajstić information content (AvgIpc) is 2.74. The Labute approximate surface area is 179 Å². The number of ketones is 1. The molecule has 1 aliphatic heterocycles. The second-order valence-electron chi connectivity index (χ2n) is 6.77. The van der Waals surface area contributed by atoms with Gasteiger partial charge in [0.05, 0.1) is 50.9 Å². The van der Waals surface area contributed by atoms with Gasteiger partial charge >= 0.3 is 0 Å². The Morgan fingerprint density at radius 1 is 1.07 bits per heavy atom. The smallest absolute Gasteiger partial charge is 0.243 e. The van der Waals surface area contributed by atoms with Crippen LogP contribution in [-0.2, 0) is 10.0 Å². The maximum absolute atomic E-state index is 12.8. The van der Waals surface area contributed by atoms with E-state index in [-0.39, 0.29) is 17.2 Å². The van der Waals surface area contributed by atoms with Crippen molar-refractivity contribution in [1.29, 1.82) is 0 Å². The van der Waals surface area contributed by atoms with Gasteiger partial charge in [-0.25, -0.2) is 8.42 Å². The second kappa shape index (κ2) is 9.25. The number of carbonyl (C=O) groups excluding carboxylic acids is 1. The van der Waals surface area contributed by atoms with Crippen LogP contribution in [0.4, 0.5) is 0 Å². The zero-order valence-electron chi connectivity index (χ0n) is 16.4. The number of hydrogen-bond acceptors (Lipinski definition) is 5. The summed E-state index contributed by atoms with van der Waals surface area (Å²) < 4.78 is 38.4. The molecule has 29 heavy (non-hydrogen) atoms. The minimum absolute atomic E-state index is 0.0556. The molecule has 1 fully saturated rings. The predicted octanol–water partition coefficient (Wildman–Crippen LogP) is 1.24. The highest BCUT2D eigenvalue weighted by Gasteiger charge is 2.31. The monoisotopic (exact) mass is 483 g/mol. The topological polar surface area (TPSA) is 77.3 Å². The number of Topliss-reactive ketones (excluding diaryl/α,β-unsaturated/α-hetero) is 1. The summed E-state index contributed by atoms with van der Waals surface area (Å²) in [6.07, 6.45) is 0. The van der Waals surface area contributed by atoms with Crippen LogP contribution in [0.3, 0.4) is 0 Å². The first-order chi connectivity index (χ1) is 13.8. The third kappa shape index (κ3) is 4.98. The number of benzene rings is 2. The Morgan fingerprint density at radius 2 is 1.72 bits per heavy atom. The molecular formula is C20H24BrN2O5S+. The van der Waals surface area contributed by atoms with E-state index in [2.05, 4.69) is 15.9 Å². The van der Waals surface area contributed by atoms with E-state index in [0.717, 1.165) is 9.37 Å². The van der Waals surface area contributed by atoms with Gasteiger partial charge in [0.25, 0.3) is 0 Å². The van der Waals surface area contributed by atoms with Crippen molar-refractivity contribution in [2.75, 3.05) is 46.9 Å². The SMILES string of the molecule is COc1ccc(OC)c(C(=O)C[NH+]2CCN(S(=O)(=O)c3ccc(Br)cc3)CC2)c1. The number of methoxy groups -OCH3 is 2. The molecule has 2 aromatic carbocycles. The highest BCUT2D eigenvalue weighted by atomic mass is 79.9. The number of nitrogens with zero attached hydrogens (tertiary/aromatic N) is 1. The van der Waals surface area contributed by atoms with E-state index in [9.17, 15) is 13.2 Å². The van der Waals surface area contributed by atoms with Crippen molar-refractivity contribution in [3.63, 3.8) is 0 Å². The number of hydrogen-bond donors (Lipinski definition) is 1. The number of sulfonamides is 1. The molecule has 9 heteroatoms. The van der Waals surface area contributed by atoms with Crippen LogP contribution in [0.1, 0.15) is 10.4 Å². The van der Waals surface area contributed by atoms with Crippen LogP contribution in [0.15, 0.2) is 51.8 Å². The van der Waals surface area contributed by atoms with Crippen LogP contribution in [0.2, 0.25) is 0 Å². The van der Waals surface area contributed by atoms with Gasteiger partial charge < -0.3 is 14.4 Å². The lowest BCUT2D eigenvalue weighted by Crippen LogP contribution is -3.15. The lowest BCUT2D eigenvalue weighted by molar-refractivity contribution is -0.895. The third-order valence-corrected chi connectivity index (χ3v) is 7.44. The molecule has 0 saturated carbocycles. The Kier molecular flexibility index (Phi) is 6.94. The summed E-state index contributed by atoms with van der Waals surface area (Å²) in [5, 5.41) is 0. The lowest BCUT2D eigenvalue weighted by Gasteiger charge is -2.31. The van der Waals surface area contributed by atoms with Crippen molar-refractivity contribution in [2.45, 2.75) is 4.90 Å². The number of quaternary nitrogens is 1. The highest BCUT2D eigenvalue weighted by Crippen LogP contribution is 2.24. The zero-order valence-corrected chi connectivity index (χ0v) is 18.8. The van der Waals surface area contributed by atoms with E-state index in [1.54, 1.807) is 49.6 Å². The van der Waals surface area contributed by atoms with Crippen molar-refractivity contribution in [2.24, 2.45) is 0 Å².